The van der Waals surface area contributed by atoms with E-state index >= 15 is 0 Å². The van der Waals surface area contributed by atoms with Gasteiger partial charge in [0.2, 0.25) is 0 Å². The Balaban J connectivity index is 2.12. The van der Waals surface area contributed by atoms with E-state index in [0.717, 1.165) is 5.56 Å². The number of carbonyl (C=O) groups excluding carboxylic acids is 1. The van der Waals surface area contributed by atoms with Gasteiger partial charge < -0.3 is 15.8 Å². The Bertz CT molecular complexity index is 736. The largest absolute Gasteiger partial charge is 0.369 e. The fraction of sp³-hybridized carbons (Fsp3) is 0.294. The number of anilines is 1. The summed E-state index contributed by atoms with van der Waals surface area (Å²) in [5.74, 6) is -0.654. The van der Waals surface area contributed by atoms with E-state index in [-0.39, 0.29) is 17.8 Å². The number of halogens is 1. The van der Waals surface area contributed by atoms with E-state index in [0.29, 0.717) is 30.0 Å². The monoisotopic (exact) mass is 315 g/mol. The van der Waals surface area contributed by atoms with Gasteiger partial charge in [-0.05, 0) is 49.2 Å². The van der Waals surface area contributed by atoms with Crippen molar-refractivity contribution in [1.82, 2.24) is 4.98 Å². The lowest BCUT2D eigenvalue weighted by atomic mass is 10.0. The Hall–Kier alpha value is -2.31. The number of benzene rings is 1. The lowest BCUT2D eigenvalue weighted by Gasteiger charge is -2.19. The van der Waals surface area contributed by atoms with Gasteiger partial charge in [0.25, 0.3) is 5.91 Å². The van der Waals surface area contributed by atoms with Gasteiger partial charge in [0.15, 0.2) is 0 Å². The van der Waals surface area contributed by atoms with E-state index in [1.54, 1.807) is 25.3 Å². The van der Waals surface area contributed by atoms with Crippen molar-refractivity contribution >= 4 is 11.6 Å². The molecule has 23 heavy (non-hydrogen) atoms. The highest BCUT2D eigenvalue weighted by atomic mass is 19.1. The Kier molecular flexibility index (Phi) is 4.36. The first-order valence-electron chi connectivity index (χ1n) is 7.48. The van der Waals surface area contributed by atoms with Crippen molar-refractivity contribution in [2.24, 2.45) is 5.73 Å². The van der Waals surface area contributed by atoms with E-state index in [2.05, 4.69) is 10.3 Å². The van der Waals surface area contributed by atoms with E-state index in [1.165, 1.54) is 12.1 Å². The van der Waals surface area contributed by atoms with Gasteiger partial charge in [0.1, 0.15) is 11.9 Å². The molecule has 1 aliphatic rings. The highest BCUT2D eigenvalue weighted by molar-refractivity contribution is 5.97. The second-order valence-corrected chi connectivity index (χ2v) is 5.56. The van der Waals surface area contributed by atoms with E-state index in [4.69, 9.17) is 10.5 Å². The minimum atomic E-state index is -0.620. The number of pyridine rings is 1. The van der Waals surface area contributed by atoms with Crippen LogP contribution < -0.4 is 11.1 Å². The molecule has 0 aliphatic carbocycles. The molecular formula is C17H18FN3O2. The van der Waals surface area contributed by atoms with Crippen molar-refractivity contribution in [3.63, 3.8) is 0 Å². The molecule has 0 fully saturated rings. The molecule has 120 valence electrons. The second kappa shape index (κ2) is 6.44. The summed E-state index contributed by atoms with van der Waals surface area (Å²) in [4.78, 5) is 16.5. The molecule has 2 heterocycles. The van der Waals surface area contributed by atoms with Crippen LogP contribution in [-0.4, -0.2) is 23.6 Å². The molecular weight excluding hydrogens is 297 g/mol. The Morgan fingerprint density at radius 1 is 1.35 bits per heavy atom. The lowest BCUT2D eigenvalue weighted by Crippen LogP contribution is -2.29. The summed E-state index contributed by atoms with van der Waals surface area (Å²) in [6.45, 7) is 2.03. The zero-order valence-electron chi connectivity index (χ0n) is 12.8. The van der Waals surface area contributed by atoms with Crippen LogP contribution in [0.5, 0.6) is 0 Å². The maximum atomic E-state index is 13.7. The van der Waals surface area contributed by atoms with Gasteiger partial charge in [0, 0.05) is 30.1 Å². The fourth-order valence-corrected chi connectivity index (χ4v) is 2.51. The number of aromatic nitrogens is 1. The number of nitrogens with one attached hydrogen (secondary N) is 1. The highest BCUT2D eigenvalue weighted by Crippen LogP contribution is 2.30. The molecule has 1 aliphatic heterocycles. The van der Waals surface area contributed by atoms with Crippen molar-refractivity contribution in [3.05, 3.63) is 48.0 Å². The Morgan fingerprint density at radius 3 is 3.00 bits per heavy atom. The Morgan fingerprint density at radius 2 is 2.17 bits per heavy atom. The summed E-state index contributed by atoms with van der Waals surface area (Å²) in [5, 5.41) is 2.79. The fourth-order valence-electron chi connectivity index (χ4n) is 2.51. The van der Waals surface area contributed by atoms with Gasteiger partial charge in [-0.25, -0.2) is 4.39 Å². The molecule has 1 amide bonds. The molecule has 1 unspecified atom stereocenters. The third-order valence-corrected chi connectivity index (χ3v) is 3.88. The molecule has 3 N–H and O–H groups in total. The van der Waals surface area contributed by atoms with E-state index in [1.807, 2.05) is 6.07 Å². The predicted molar refractivity (Wildman–Crippen MR) is 85.2 cm³/mol. The molecule has 1 aromatic heterocycles. The second-order valence-electron chi connectivity index (χ2n) is 5.56. The Labute approximate surface area is 133 Å². The normalized spacial score (nSPS) is 21.6. The minimum Gasteiger partial charge on any atom is -0.369 e. The van der Waals surface area contributed by atoms with Gasteiger partial charge >= 0.3 is 0 Å². The standard InChI is InChI=1S/C17H18FN3O2/c1-10-17(22)21-15-3-2-12(18)9-13(15)11-4-6-20-16(8-11)14(19)5-7-23-10/h2-4,6,8-10,14H,5,7,19H2,1H3,(H,21,22)/t10?,14-/m0/s1. The van der Waals surface area contributed by atoms with Crippen molar-refractivity contribution in [2.45, 2.75) is 25.5 Å². The molecule has 2 bridgehead atoms. The van der Waals surface area contributed by atoms with Gasteiger partial charge in [-0.15, -0.1) is 0 Å². The maximum Gasteiger partial charge on any atom is 0.253 e. The van der Waals surface area contributed by atoms with Crippen LogP contribution >= 0.6 is 0 Å². The first-order valence-corrected chi connectivity index (χ1v) is 7.48. The number of nitrogens with two attached hydrogens (primary N) is 1. The molecule has 0 saturated carbocycles. The summed E-state index contributed by atoms with van der Waals surface area (Å²) in [7, 11) is 0. The van der Waals surface area contributed by atoms with Crippen LogP contribution in [0.1, 0.15) is 25.1 Å². The van der Waals surface area contributed by atoms with Crippen LogP contribution in [0.15, 0.2) is 36.5 Å². The molecule has 0 spiro atoms. The van der Waals surface area contributed by atoms with E-state index in [9.17, 15) is 9.18 Å². The zero-order chi connectivity index (χ0) is 16.4. The number of ether oxygens (including phenoxy) is 1. The highest BCUT2D eigenvalue weighted by Gasteiger charge is 2.19. The molecule has 1 aromatic carbocycles. The predicted octanol–water partition coefficient (Wildman–Crippen LogP) is 2.63. The van der Waals surface area contributed by atoms with Crippen molar-refractivity contribution in [3.8, 4) is 11.1 Å². The smallest absolute Gasteiger partial charge is 0.253 e. The molecule has 0 radical (unpaired) electrons. The molecule has 6 heteroatoms. The van der Waals surface area contributed by atoms with Crippen LogP contribution in [-0.2, 0) is 9.53 Å². The first kappa shape index (κ1) is 15.6. The quantitative estimate of drug-likeness (QED) is 0.783. The average molecular weight is 315 g/mol. The summed E-state index contributed by atoms with van der Waals surface area (Å²) < 4.78 is 19.2. The van der Waals surface area contributed by atoms with Crippen LogP contribution in [0.2, 0.25) is 0 Å². The summed E-state index contributed by atoms with van der Waals surface area (Å²) >= 11 is 0. The summed E-state index contributed by atoms with van der Waals surface area (Å²) in [5.41, 5.74) is 8.71. The van der Waals surface area contributed by atoms with Crippen molar-refractivity contribution in [1.29, 1.82) is 0 Å². The number of carbonyl (C=O) groups is 1. The number of nitrogens with zero attached hydrogens (tertiary/aromatic N) is 1. The summed E-state index contributed by atoms with van der Waals surface area (Å²) in [6, 6.07) is 7.52. The van der Waals surface area contributed by atoms with Crippen LogP contribution in [0.4, 0.5) is 10.1 Å². The zero-order valence-corrected chi connectivity index (χ0v) is 12.8. The number of hydrogen-bond donors (Lipinski definition) is 2. The molecule has 5 nitrogen and oxygen atoms in total. The van der Waals surface area contributed by atoms with Crippen LogP contribution in [0, 0.1) is 5.82 Å². The SMILES string of the molecule is CC1OCC[C@H](N)c2cc(ccn2)-c2cc(F)ccc2NC1=O. The van der Waals surface area contributed by atoms with Crippen LogP contribution in [0.25, 0.3) is 11.1 Å². The molecule has 0 saturated heterocycles. The van der Waals surface area contributed by atoms with Gasteiger partial charge in [-0.3, -0.25) is 9.78 Å². The van der Waals surface area contributed by atoms with Gasteiger partial charge in [-0.1, -0.05) is 0 Å². The van der Waals surface area contributed by atoms with Crippen LogP contribution in [0.3, 0.4) is 0 Å². The van der Waals surface area contributed by atoms with Gasteiger partial charge in [-0.2, -0.15) is 0 Å². The third-order valence-electron chi connectivity index (χ3n) is 3.88. The topological polar surface area (TPSA) is 77.2 Å². The number of rotatable bonds is 0. The first-order chi connectivity index (χ1) is 11.0. The molecule has 2 aromatic rings. The lowest BCUT2D eigenvalue weighted by molar-refractivity contribution is -0.126. The molecule has 3 rings (SSSR count). The summed E-state index contributed by atoms with van der Waals surface area (Å²) in [6.07, 6.45) is 1.56. The number of fused-ring (bicyclic) bond motifs is 4. The van der Waals surface area contributed by atoms with E-state index < -0.39 is 6.10 Å². The maximum absolute atomic E-state index is 13.7. The minimum absolute atomic E-state index is 0.277. The van der Waals surface area contributed by atoms with Gasteiger partial charge in [0.05, 0.1) is 5.69 Å². The number of amides is 1. The average Bonchev–Trinajstić information content (AvgIpc) is 2.55. The van der Waals surface area contributed by atoms with Crippen molar-refractivity contribution < 1.29 is 13.9 Å². The number of hydrogen-bond acceptors (Lipinski definition) is 4. The van der Waals surface area contributed by atoms with Crippen molar-refractivity contribution in [2.75, 3.05) is 11.9 Å². The third kappa shape index (κ3) is 3.38. The molecule has 2 atom stereocenters.